The van der Waals surface area contributed by atoms with E-state index in [0.29, 0.717) is 36.0 Å². The topological polar surface area (TPSA) is 47.6 Å². The minimum atomic E-state index is -0.156. The molecule has 0 aromatic heterocycles. The van der Waals surface area contributed by atoms with Crippen molar-refractivity contribution in [1.29, 1.82) is 0 Å². The van der Waals surface area contributed by atoms with E-state index in [4.69, 9.17) is 9.47 Å². The van der Waals surface area contributed by atoms with Gasteiger partial charge in [-0.15, -0.1) is 0 Å². The van der Waals surface area contributed by atoms with Crippen molar-refractivity contribution >= 4 is 27.5 Å². The predicted molar refractivity (Wildman–Crippen MR) is 84.1 cm³/mol. The number of amides is 1. The molecule has 0 saturated heterocycles. The fraction of sp³-hybridized carbons (Fsp3) is 0.188. The van der Waals surface area contributed by atoms with Gasteiger partial charge in [0.15, 0.2) is 11.5 Å². The maximum atomic E-state index is 12.2. The standard InChI is InChI=1S/C16H14BrNO3/c17-12-4-2-11(3-5-12)16(19)18-13-6-7-14-15(10-13)21-9-1-8-20-14/h2-7,10H,1,8-9H2,(H,18,19). The van der Waals surface area contributed by atoms with E-state index in [1.807, 2.05) is 24.3 Å². The molecule has 0 spiro atoms. The van der Waals surface area contributed by atoms with Crippen LogP contribution in [0, 0.1) is 0 Å². The van der Waals surface area contributed by atoms with E-state index in [1.54, 1.807) is 18.2 Å². The molecule has 0 bridgehead atoms. The van der Waals surface area contributed by atoms with Crippen molar-refractivity contribution in [3.8, 4) is 11.5 Å². The third kappa shape index (κ3) is 3.36. The van der Waals surface area contributed by atoms with Crippen molar-refractivity contribution < 1.29 is 14.3 Å². The Morgan fingerprint density at radius 1 is 1.00 bits per heavy atom. The van der Waals surface area contributed by atoms with Crippen molar-refractivity contribution in [3.05, 3.63) is 52.5 Å². The number of hydrogen-bond acceptors (Lipinski definition) is 3. The highest BCUT2D eigenvalue weighted by Crippen LogP contribution is 2.32. The summed E-state index contributed by atoms with van der Waals surface area (Å²) in [6.45, 7) is 1.27. The van der Waals surface area contributed by atoms with Crippen molar-refractivity contribution in [2.24, 2.45) is 0 Å². The molecule has 0 aliphatic carbocycles. The van der Waals surface area contributed by atoms with Gasteiger partial charge in [-0.1, -0.05) is 15.9 Å². The normalized spacial score (nSPS) is 13.4. The van der Waals surface area contributed by atoms with Crippen molar-refractivity contribution in [3.63, 3.8) is 0 Å². The second kappa shape index (κ2) is 6.18. The zero-order valence-electron chi connectivity index (χ0n) is 11.3. The lowest BCUT2D eigenvalue weighted by Gasteiger charge is -2.10. The van der Waals surface area contributed by atoms with Crippen LogP contribution in [0.2, 0.25) is 0 Å². The average Bonchev–Trinajstić information content (AvgIpc) is 2.72. The van der Waals surface area contributed by atoms with E-state index in [1.165, 1.54) is 0 Å². The highest BCUT2D eigenvalue weighted by molar-refractivity contribution is 9.10. The Labute approximate surface area is 131 Å². The van der Waals surface area contributed by atoms with E-state index in [9.17, 15) is 4.79 Å². The summed E-state index contributed by atoms with van der Waals surface area (Å²) in [5, 5.41) is 2.86. The number of halogens is 1. The predicted octanol–water partition coefficient (Wildman–Crippen LogP) is 3.86. The summed E-state index contributed by atoms with van der Waals surface area (Å²) < 4.78 is 12.1. The summed E-state index contributed by atoms with van der Waals surface area (Å²) in [5.74, 6) is 1.23. The Bertz CT molecular complexity index is 655. The highest BCUT2D eigenvalue weighted by atomic mass is 79.9. The summed E-state index contributed by atoms with van der Waals surface area (Å²) in [7, 11) is 0. The Balaban J connectivity index is 1.77. The number of rotatable bonds is 2. The number of carbonyl (C=O) groups is 1. The van der Waals surface area contributed by atoms with Crippen LogP contribution in [0.3, 0.4) is 0 Å². The first-order chi connectivity index (χ1) is 10.2. The lowest BCUT2D eigenvalue weighted by Crippen LogP contribution is -2.11. The van der Waals surface area contributed by atoms with Crippen LogP contribution in [0.25, 0.3) is 0 Å². The summed E-state index contributed by atoms with van der Waals surface area (Å²) in [6, 6.07) is 12.6. The van der Waals surface area contributed by atoms with Crippen molar-refractivity contribution in [2.75, 3.05) is 18.5 Å². The summed E-state index contributed by atoms with van der Waals surface area (Å²) in [6.07, 6.45) is 0.856. The van der Waals surface area contributed by atoms with Crippen LogP contribution < -0.4 is 14.8 Å². The highest BCUT2D eigenvalue weighted by Gasteiger charge is 2.12. The van der Waals surface area contributed by atoms with E-state index in [2.05, 4.69) is 21.2 Å². The number of fused-ring (bicyclic) bond motifs is 1. The summed E-state index contributed by atoms with van der Waals surface area (Å²) in [5.41, 5.74) is 1.29. The van der Waals surface area contributed by atoms with Gasteiger partial charge in [-0.2, -0.15) is 0 Å². The molecule has 1 aliphatic heterocycles. The van der Waals surface area contributed by atoms with Gasteiger partial charge in [-0.05, 0) is 36.4 Å². The number of nitrogens with one attached hydrogen (secondary N) is 1. The molecule has 1 N–H and O–H groups in total. The maximum Gasteiger partial charge on any atom is 0.255 e. The van der Waals surface area contributed by atoms with Gasteiger partial charge >= 0.3 is 0 Å². The Hall–Kier alpha value is -2.01. The molecular formula is C16H14BrNO3. The van der Waals surface area contributed by atoms with Crippen LogP contribution in [0.1, 0.15) is 16.8 Å². The SMILES string of the molecule is O=C(Nc1ccc2c(c1)OCCCO2)c1ccc(Br)cc1. The molecule has 1 aliphatic rings. The quantitative estimate of drug-likeness (QED) is 0.897. The molecule has 0 atom stereocenters. The van der Waals surface area contributed by atoms with Crippen LogP contribution in [-0.2, 0) is 0 Å². The van der Waals surface area contributed by atoms with Gasteiger partial charge < -0.3 is 14.8 Å². The number of hydrogen-bond donors (Lipinski definition) is 1. The van der Waals surface area contributed by atoms with Gasteiger partial charge in [0.1, 0.15) is 0 Å². The smallest absolute Gasteiger partial charge is 0.255 e. The van der Waals surface area contributed by atoms with Crippen molar-refractivity contribution in [1.82, 2.24) is 0 Å². The zero-order valence-corrected chi connectivity index (χ0v) is 12.9. The lowest BCUT2D eigenvalue weighted by molar-refractivity contribution is 0.102. The first-order valence-electron chi connectivity index (χ1n) is 6.69. The largest absolute Gasteiger partial charge is 0.490 e. The van der Waals surface area contributed by atoms with Gasteiger partial charge in [0.2, 0.25) is 0 Å². The molecule has 2 aromatic rings. The van der Waals surface area contributed by atoms with Crippen LogP contribution in [0.4, 0.5) is 5.69 Å². The Morgan fingerprint density at radius 2 is 1.71 bits per heavy atom. The van der Waals surface area contributed by atoms with Gasteiger partial charge in [0, 0.05) is 28.2 Å². The number of anilines is 1. The van der Waals surface area contributed by atoms with Crippen LogP contribution >= 0.6 is 15.9 Å². The Kier molecular flexibility index (Phi) is 4.10. The molecule has 108 valence electrons. The van der Waals surface area contributed by atoms with Crippen LogP contribution in [-0.4, -0.2) is 19.1 Å². The number of carbonyl (C=O) groups excluding carboxylic acids is 1. The van der Waals surface area contributed by atoms with Crippen LogP contribution in [0.5, 0.6) is 11.5 Å². The minimum Gasteiger partial charge on any atom is -0.490 e. The van der Waals surface area contributed by atoms with Crippen LogP contribution in [0.15, 0.2) is 46.9 Å². The molecule has 4 nitrogen and oxygen atoms in total. The van der Waals surface area contributed by atoms with E-state index in [0.717, 1.165) is 10.9 Å². The van der Waals surface area contributed by atoms with Gasteiger partial charge in [0.05, 0.1) is 13.2 Å². The molecule has 5 heteroatoms. The third-order valence-corrected chi connectivity index (χ3v) is 3.64. The minimum absolute atomic E-state index is 0.156. The molecule has 21 heavy (non-hydrogen) atoms. The number of ether oxygens (including phenoxy) is 2. The molecule has 1 amide bonds. The molecule has 2 aromatic carbocycles. The average molecular weight is 348 g/mol. The van der Waals surface area contributed by atoms with Gasteiger partial charge in [-0.25, -0.2) is 0 Å². The second-order valence-electron chi connectivity index (χ2n) is 4.67. The second-order valence-corrected chi connectivity index (χ2v) is 5.59. The van der Waals surface area contributed by atoms with Gasteiger partial charge in [0.25, 0.3) is 5.91 Å². The van der Waals surface area contributed by atoms with E-state index >= 15 is 0 Å². The summed E-state index contributed by atoms with van der Waals surface area (Å²) in [4.78, 5) is 12.2. The van der Waals surface area contributed by atoms with Gasteiger partial charge in [-0.3, -0.25) is 4.79 Å². The van der Waals surface area contributed by atoms with Crippen molar-refractivity contribution in [2.45, 2.75) is 6.42 Å². The molecule has 3 rings (SSSR count). The number of benzene rings is 2. The Morgan fingerprint density at radius 3 is 2.48 bits per heavy atom. The van der Waals surface area contributed by atoms with E-state index in [-0.39, 0.29) is 5.91 Å². The molecule has 1 heterocycles. The molecule has 0 saturated carbocycles. The fourth-order valence-electron chi connectivity index (χ4n) is 2.05. The maximum absolute atomic E-state index is 12.2. The molecule has 0 radical (unpaired) electrons. The van der Waals surface area contributed by atoms with E-state index < -0.39 is 0 Å². The molecule has 0 unspecified atom stereocenters. The summed E-state index contributed by atoms with van der Waals surface area (Å²) >= 11 is 3.35. The lowest BCUT2D eigenvalue weighted by atomic mass is 10.2. The first kappa shape index (κ1) is 13.9. The zero-order chi connectivity index (χ0) is 14.7. The molecule has 0 fully saturated rings. The fourth-order valence-corrected chi connectivity index (χ4v) is 2.31. The monoisotopic (exact) mass is 347 g/mol. The first-order valence-corrected chi connectivity index (χ1v) is 7.48. The molecular weight excluding hydrogens is 334 g/mol. The third-order valence-electron chi connectivity index (χ3n) is 3.11.